The van der Waals surface area contributed by atoms with E-state index in [-0.39, 0.29) is 23.7 Å². The Morgan fingerprint density at radius 2 is 2.13 bits per heavy atom. The van der Waals surface area contributed by atoms with E-state index in [1.807, 2.05) is 13.8 Å². The first-order valence-electron chi connectivity index (χ1n) is 7.50. The van der Waals surface area contributed by atoms with Crippen LogP contribution < -0.4 is 5.32 Å². The fourth-order valence-electron chi connectivity index (χ4n) is 2.01. The van der Waals surface area contributed by atoms with Gasteiger partial charge in [-0.15, -0.1) is 11.3 Å². The molecule has 0 fully saturated rings. The number of rotatable bonds is 6. The largest absolute Gasteiger partial charge is 0.462 e. The van der Waals surface area contributed by atoms with Gasteiger partial charge in [0.25, 0.3) is 5.91 Å². The summed E-state index contributed by atoms with van der Waals surface area (Å²) >= 11 is 1.23. The molecule has 0 bridgehead atoms. The van der Waals surface area contributed by atoms with E-state index in [0.29, 0.717) is 22.2 Å². The third-order valence-corrected chi connectivity index (χ3v) is 4.55. The minimum atomic E-state index is -0.383. The predicted octanol–water partition coefficient (Wildman–Crippen LogP) is 3.27. The molecule has 0 saturated heterocycles. The molecule has 0 unspecified atom stereocenters. The number of amides is 1. The summed E-state index contributed by atoms with van der Waals surface area (Å²) in [5.74, 6) is 0.346. The predicted molar refractivity (Wildman–Crippen MR) is 86.8 cm³/mol. The zero-order valence-electron chi connectivity index (χ0n) is 13.6. The molecule has 1 N–H and O–H groups in total. The van der Waals surface area contributed by atoms with Gasteiger partial charge in [0.15, 0.2) is 5.76 Å². The van der Waals surface area contributed by atoms with Crippen LogP contribution >= 0.6 is 11.3 Å². The fraction of sp³-hybridized carbons (Fsp3) is 0.438. The third kappa shape index (κ3) is 3.98. The van der Waals surface area contributed by atoms with Crippen LogP contribution in [0.4, 0.5) is 0 Å². The Bertz CT molecular complexity index is 705. The van der Waals surface area contributed by atoms with Gasteiger partial charge in [-0.1, -0.05) is 6.92 Å². The molecular formula is C16H20N2O4S. The number of carbonyl (C=O) groups is 2. The van der Waals surface area contributed by atoms with E-state index in [1.165, 1.54) is 11.3 Å². The van der Waals surface area contributed by atoms with E-state index in [0.717, 1.165) is 12.2 Å². The molecule has 2 rings (SSSR count). The van der Waals surface area contributed by atoms with E-state index >= 15 is 0 Å². The summed E-state index contributed by atoms with van der Waals surface area (Å²) in [6.07, 6.45) is 0.734. The van der Waals surface area contributed by atoms with E-state index in [1.54, 1.807) is 26.0 Å². The smallest absolute Gasteiger partial charge is 0.350 e. The highest BCUT2D eigenvalue weighted by Gasteiger charge is 2.21. The second-order valence-corrected chi connectivity index (χ2v) is 6.03. The molecule has 2 aromatic rings. The highest BCUT2D eigenvalue weighted by Crippen LogP contribution is 2.24. The molecule has 124 valence electrons. The Morgan fingerprint density at radius 1 is 1.39 bits per heavy atom. The van der Waals surface area contributed by atoms with Gasteiger partial charge in [-0.3, -0.25) is 4.79 Å². The average Bonchev–Trinajstić information content (AvgIpc) is 3.13. The maximum Gasteiger partial charge on any atom is 0.350 e. The monoisotopic (exact) mass is 336 g/mol. The van der Waals surface area contributed by atoms with Crippen LogP contribution in [0.1, 0.15) is 63.5 Å². The third-order valence-electron chi connectivity index (χ3n) is 3.23. The second-order valence-electron chi connectivity index (χ2n) is 5.00. The van der Waals surface area contributed by atoms with Gasteiger partial charge in [0.1, 0.15) is 15.6 Å². The second kappa shape index (κ2) is 7.41. The van der Waals surface area contributed by atoms with E-state index < -0.39 is 0 Å². The Labute approximate surface area is 138 Å². The number of nitrogens with zero attached hydrogens (tertiary/aromatic N) is 1. The molecule has 2 heterocycles. The van der Waals surface area contributed by atoms with Crippen LogP contribution in [0.5, 0.6) is 0 Å². The van der Waals surface area contributed by atoms with Crippen LogP contribution in [0.25, 0.3) is 0 Å². The van der Waals surface area contributed by atoms with E-state index in [9.17, 15) is 9.59 Å². The number of aromatic nitrogens is 1. The summed E-state index contributed by atoms with van der Waals surface area (Å²) in [5, 5.41) is 3.48. The molecule has 0 aliphatic rings. The number of esters is 1. The molecule has 0 radical (unpaired) electrons. The lowest BCUT2D eigenvalue weighted by Gasteiger charge is -2.09. The Kier molecular flexibility index (Phi) is 5.54. The van der Waals surface area contributed by atoms with Crippen LogP contribution in [0.3, 0.4) is 0 Å². The molecule has 1 atom stereocenters. The van der Waals surface area contributed by atoms with Gasteiger partial charge >= 0.3 is 5.97 Å². The highest BCUT2D eigenvalue weighted by molar-refractivity contribution is 7.13. The maximum absolute atomic E-state index is 12.2. The lowest BCUT2D eigenvalue weighted by molar-refractivity contribution is 0.0531. The van der Waals surface area contributed by atoms with E-state index in [2.05, 4.69) is 10.3 Å². The number of carbonyl (C=O) groups excluding carboxylic acids is 2. The molecular weight excluding hydrogens is 316 g/mol. The van der Waals surface area contributed by atoms with Gasteiger partial charge < -0.3 is 14.5 Å². The summed E-state index contributed by atoms with van der Waals surface area (Å²) in [5.41, 5.74) is 0.607. The van der Waals surface area contributed by atoms with Crippen molar-refractivity contribution in [3.05, 3.63) is 39.2 Å². The first-order chi connectivity index (χ1) is 11.0. The zero-order chi connectivity index (χ0) is 17.0. The topological polar surface area (TPSA) is 81.4 Å². The number of ether oxygens (including phenoxy) is 1. The number of hydrogen-bond donors (Lipinski definition) is 1. The number of aryl methyl sites for hydroxylation is 2. The molecule has 0 aromatic carbocycles. The lowest BCUT2D eigenvalue weighted by Crippen LogP contribution is -2.26. The van der Waals surface area contributed by atoms with Crippen LogP contribution in [0, 0.1) is 6.92 Å². The van der Waals surface area contributed by atoms with Crippen molar-refractivity contribution in [1.82, 2.24) is 10.3 Å². The summed E-state index contributed by atoms with van der Waals surface area (Å²) in [7, 11) is 0. The minimum absolute atomic E-state index is 0.271. The molecule has 0 saturated carbocycles. The molecule has 0 spiro atoms. The molecule has 2 aromatic heterocycles. The maximum atomic E-state index is 12.2. The Balaban J connectivity index is 2.08. The van der Waals surface area contributed by atoms with Crippen molar-refractivity contribution in [3.8, 4) is 0 Å². The van der Waals surface area contributed by atoms with Crippen molar-refractivity contribution < 1.29 is 18.7 Å². The van der Waals surface area contributed by atoms with Gasteiger partial charge in [-0.2, -0.15) is 0 Å². The van der Waals surface area contributed by atoms with Crippen molar-refractivity contribution >= 4 is 23.2 Å². The normalized spacial score (nSPS) is 12.0. The highest BCUT2D eigenvalue weighted by atomic mass is 32.1. The SMILES string of the molecule is CCOC(=O)c1sc([C@H](C)NC(=O)c2ccc(CC)o2)nc1C. The van der Waals surface area contributed by atoms with Crippen LogP contribution in [0.2, 0.25) is 0 Å². The van der Waals surface area contributed by atoms with Crippen LogP contribution in [-0.4, -0.2) is 23.5 Å². The molecule has 7 heteroatoms. The van der Waals surface area contributed by atoms with Crippen LogP contribution in [-0.2, 0) is 11.2 Å². The van der Waals surface area contributed by atoms with E-state index in [4.69, 9.17) is 9.15 Å². The van der Waals surface area contributed by atoms with Crippen molar-refractivity contribution in [2.75, 3.05) is 6.61 Å². The number of thiazole rings is 1. The van der Waals surface area contributed by atoms with Gasteiger partial charge in [0.2, 0.25) is 0 Å². The molecule has 6 nitrogen and oxygen atoms in total. The fourth-order valence-corrected chi connectivity index (χ4v) is 2.97. The Morgan fingerprint density at radius 3 is 2.74 bits per heavy atom. The summed E-state index contributed by atoms with van der Waals surface area (Å²) in [4.78, 5) is 28.8. The minimum Gasteiger partial charge on any atom is -0.462 e. The van der Waals surface area contributed by atoms with Crippen molar-refractivity contribution in [3.63, 3.8) is 0 Å². The summed E-state index contributed by atoms with van der Waals surface area (Å²) in [6.45, 7) is 7.59. The van der Waals surface area contributed by atoms with Crippen molar-refractivity contribution in [1.29, 1.82) is 0 Å². The van der Waals surface area contributed by atoms with Crippen molar-refractivity contribution in [2.45, 2.75) is 40.2 Å². The summed E-state index contributed by atoms with van der Waals surface area (Å²) < 4.78 is 10.4. The van der Waals surface area contributed by atoms with Gasteiger partial charge in [-0.25, -0.2) is 9.78 Å². The summed E-state index contributed by atoms with van der Waals surface area (Å²) in [6, 6.07) is 3.11. The molecule has 1 amide bonds. The Hall–Kier alpha value is -2.15. The first kappa shape index (κ1) is 17.2. The molecule has 23 heavy (non-hydrogen) atoms. The zero-order valence-corrected chi connectivity index (χ0v) is 14.5. The van der Waals surface area contributed by atoms with Gasteiger partial charge in [0.05, 0.1) is 18.3 Å². The number of furan rings is 1. The average molecular weight is 336 g/mol. The van der Waals surface area contributed by atoms with Gasteiger partial charge in [0, 0.05) is 6.42 Å². The quantitative estimate of drug-likeness (QED) is 0.819. The lowest BCUT2D eigenvalue weighted by atomic mass is 10.3. The number of hydrogen-bond acceptors (Lipinski definition) is 6. The first-order valence-corrected chi connectivity index (χ1v) is 8.31. The van der Waals surface area contributed by atoms with Gasteiger partial charge in [-0.05, 0) is 32.9 Å². The number of nitrogens with one attached hydrogen (secondary N) is 1. The molecule has 0 aliphatic heterocycles. The molecule has 0 aliphatic carbocycles. The van der Waals surface area contributed by atoms with Crippen LogP contribution in [0.15, 0.2) is 16.5 Å². The van der Waals surface area contributed by atoms with Crippen molar-refractivity contribution in [2.24, 2.45) is 0 Å². The standard InChI is InChI=1S/C16H20N2O4S/c1-5-11-7-8-12(22-11)14(19)17-10(4)15-18-9(3)13(23-15)16(20)21-6-2/h7-8,10H,5-6H2,1-4H3,(H,17,19)/t10-/m0/s1.